The zero-order valence-electron chi connectivity index (χ0n) is 20.9. The number of aryl methyl sites for hydroxylation is 1. The quantitative estimate of drug-likeness (QED) is 0.377. The molecule has 5 nitrogen and oxygen atoms in total. The summed E-state index contributed by atoms with van der Waals surface area (Å²) in [4.78, 5) is 30.5. The molecule has 1 atom stereocenters. The van der Waals surface area contributed by atoms with Gasteiger partial charge in [0.1, 0.15) is 0 Å². The lowest BCUT2D eigenvalue weighted by molar-refractivity contribution is 0.0985. The predicted octanol–water partition coefficient (Wildman–Crippen LogP) is 7.03. The molecule has 1 aliphatic heterocycles. The highest BCUT2D eigenvalue weighted by Gasteiger charge is 2.28. The monoisotopic (exact) mass is 523 g/mol. The normalized spacial score (nSPS) is 15.4. The van der Waals surface area contributed by atoms with E-state index < -0.39 is 0 Å². The molecular weight excluding hydrogens is 493 g/mol. The molecule has 1 N–H and O–H groups in total. The van der Waals surface area contributed by atoms with E-state index in [1.165, 1.54) is 0 Å². The summed E-state index contributed by atoms with van der Waals surface area (Å²) in [7, 11) is 4.16. The molecule has 4 rings (SSSR count). The highest BCUT2D eigenvalue weighted by molar-refractivity contribution is 6.34. The molecule has 0 saturated carbocycles. The molecule has 0 bridgehead atoms. The van der Waals surface area contributed by atoms with Crippen molar-refractivity contribution in [2.24, 2.45) is 0 Å². The number of halogens is 2. The van der Waals surface area contributed by atoms with Gasteiger partial charge in [0.25, 0.3) is 11.8 Å². The summed E-state index contributed by atoms with van der Waals surface area (Å²) in [6.45, 7) is 3.51. The van der Waals surface area contributed by atoms with Crippen molar-refractivity contribution >= 4 is 46.4 Å². The van der Waals surface area contributed by atoms with Crippen LogP contribution in [0.5, 0.6) is 0 Å². The van der Waals surface area contributed by atoms with E-state index in [2.05, 4.69) is 24.3 Å². The number of hydrogen-bond donors (Lipinski definition) is 1. The second kappa shape index (κ2) is 11.5. The Kier molecular flexibility index (Phi) is 8.35. The first-order chi connectivity index (χ1) is 17.2. The van der Waals surface area contributed by atoms with E-state index in [1.54, 1.807) is 36.4 Å². The molecular formula is C29H31Cl2N3O2. The summed E-state index contributed by atoms with van der Waals surface area (Å²) in [5, 5.41) is 3.96. The second-order valence-corrected chi connectivity index (χ2v) is 10.4. The number of hydrogen-bond acceptors (Lipinski definition) is 3. The third-order valence-electron chi connectivity index (χ3n) is 6.66. The first-order valence-corrected chi connectivity index (χ1v) is 12.9. The number of rotatable bonds is 6. The Morgan fingerprint density at radius 3 is 2.53 bits per heavy atom. The van der Waals surface area contributed by atoms with Crippen LogP contribution in [0.2, 0.25) is 10.0 Å². The minimum atomic E-state index is -0.291. The van der Waals surface area contributed by atoms with Crippen molar-refractivity contribution in [1.82, 2.24) is 4.90 Å². The maximum Gasteiger partial charge on any atom is 0.258 e. The van der Waals surface area contributed by atoms with Gasteiger partial charge in [0.2, 0.25) is 0 Å². The summed E-state index contributed by atoms with van der Waals surface area (Å²) in [6, 6.07) is 18.1. The summed E-state index contributed by atoms with van der Waals surface area (Å²) >= 11 is 12.5. The Hall–Kier alpha value is -2.86. The molecule has 0 spiro atoms. The van der Waals surface area contributed by atoms with Crippen LogP contribution < -0.4 is 10.2 Å². The van der Waals surface area contributed by atoms with Crippen LogP contribution in [-0.4, -0.2) is 43.9 Å². The number of fused-ring (bicyclic) bond motifs is 1. The van der Waals surface area contributed by atoms with Crippen LogP contribution in [0.3, 0.4) is 0 Å². The predicted molar refractivity (Wildman–Crippen MR) is 149 cm³/mol. The van der Waals surface area contributed by atoms with Gasteiger partial charge in [0.15, 0.2) is 0 Å². The lowest BCUT2D eigenvalue weighted by Gasteiger charge is -2.25. The smallest absolute Gasteiger partial charge is 0.258 e. The van der Waals surface area contributed by atoms with Crippen LogP contribution in [0.4, 0.5) is 11.4 Å². The minimum Gasteiger partial charge on any atom is -0.322 e. The molecule has 188 valence electrons. The van der Waals surface area contributed by atoms with Crippen LogP contribution in [0, 0.1) is 6.92 Å². The molecule has 0 saturated heterocycles. The SMILES string of the molecule is Cc1cc(NC(=O)c2ccccc2Cl)ccc1C(=O)N1CCCC(CCN(C)C)c2cc(Cl)ccc21. The van der Waals surface area contributed by atoms with Crippen molar-refractivity contribution in [3.05, 3.63) is 93.0 Å². The Labute approximate surface area is 223 Å². The van der Waals surface area contributed by atoms with Gasteiger partial charge in [-0.25, -0.2) is 0 Å². The number of amides is 2. The molecule has 0 fully saturated rings. The van der Waals surface area contributed by atoms with Crippen molar-refractivity contribution in [1.29, 1.82) is 0 Å². The minimum absolute atomic E-state index is 0.0479. The van der Waals surface area contributed by atoms with Crippen molar-refractivity contribution in [3.63, 3.8) is 0 Å². The summed E-state index contributed by atoms with van der Waals surface area (Å²) < 4.78 is 0. The summed E-state index contributed by atoms with van der Waals surface area (Å²) in [5.41, 5.74) is 4.48. The van der Waals surface area contributed by atoms with E-state index in [1.807, 2.05) is 36.1 Å². The van der Waals surface area contributed by atoms with Crippen LogP contribution in [0.1, 0.15) is 57.0 Å². The fourth-order valence-corrected chi connectivity index (χ4v) is 5.17. The van der Waals surface area contributed by atoms with E-state index >= 15 is 0 Å². The van der Waals surface area contributed by atoms with Crippen LogP contribution in [0.25, 0.3) is 0 Å². The fourth-order valence-electron chi connectivity index (χ4n) is 4.77. The van der Waals surface area contributed by atoms with Crippen molar-refractivity contribution in [2.45, 2.75) is 32.1 Å². The third-order valence-corrected chi connectivity index (χ3v) is 7.22. The van der Waals surface area contributed by atoms with E-state index in [0.717, 1.165) is 42.6 Å². The van der Waals surface area contributed by atoms with Gasteiger partial charge in [-0.3, -0.25) is 9.59 Å². The zero-order valence-corrected chi connectivity index (χ0v) is 22.4. The summed E-state index contributed by atoms with van der Waals surface area (Å²) in [6.07, 6.45) is 2.94. The molecule has 2 amide bonds. The average molecular weight is 524 g/mol. The molecule has 1 unspecified atom stereocenters. The van der Waals surface area contributed by atoms with Gasteiger partial charge in [-0.2, -0.15) is 0 Å². The Balaban J connectivity index is 1.58. The molecule has 0 radical (unpaired) electrons. The standard InChI is InChI=1S/C29H31Cl2N3O2/c1-19-17-22(32-28(35)24-8-4-5-9-26(24)31)11-12-23(19)29(36)34-15-6-7-20(14-16-33(2)3)25-18-21(30)10-13-27(25)34/h4-5,8-13,17-18,20H,6-7,14-16H2,1-3H3,(H,32,35). The van der Waals surface area contributed by atoms with Crippen LogP contribution >= 0.6 is 23.2 Å². The molecule has 1 aliphatic rings. The van der Waals surface area contributed by atoms with E-state index in [0.29, 0.717) is 39.3 Å². The van der Waals surface area contributed by atoms with Gasteiger partial charge in [0, 0.05) is 28.5 Å². The lowest BCUT2D eigenvalue weighted by atomic mass is 9.91. The molecule has 7 heteroatoms. The first-order valence-electron chi connectivity index (χ1n) is 12.2. The van der Waals surface area contributed by atoms with Crippen LogP contribution in [0.15, 0.2) is 60.7 Å². The molecule has 3 aromatic carbocycles. The Bertz CT molecular complexity index is 1280. The summed E-state index contributed by atoms with van der Waals surface area (Å²) in [5.74, 6) is 0.0110. The second-order valence-electron chi connectivity index (χ2n) is 9.55. The van der Waals surface area contributed by atoms with Gasteiger partial charge >= 0.3 is 0 Å². The highest BCUT2D eigenvalue weighted by Crippen LogP contribution is 2.39. The van der Waals surface area contributed by atoms with Crippen molar-refractivity contribution in [2.75, 3.05) is 37.4 Å². The molecule has 0 aliphatic carbocycles. The molecule has 1 heterocycles. The zero-order chi connectivity index (χ0) is 25.8. The first kappa shape index (κ1) is 26.2. The van der Waals surface area contributed by atoms with Crippen molar-refractivity contribution in [3.8, 4) is 0 Å². The van der Waals surface area contributed by atoms with E-state index in [9.17, 15) is 9.59 Å². The number of carbonyl (C=O) groups excluding carboxylic acids is 2. The van der Waals surface area contributed by atoms with Gasteiger partial charge in [-0.1, -0.05) is 35.3 Å². The largest absolute Gasteiger partial charge is 0.322 e. The third kappa shape index (κ3) is 5.92. The van der Waals surface area contributed by atoms with Gasteiger partial charge in [-0.05, 0) is 112 Å². The number of benzene rings is 3. The maximum absolute atomic E-state index is 13.8. The van der Waals surface area contributed by atoms with Crippen molar-refractivity contribution < 1.29 is 9.59 Å². The lowest BCUT2D eigenvalue weighted by Crippen LogP contribution is -2.32. The molecule has 36 heavy (non-hydrogen) atoms. The molecule has 3 aromatic rings. The maximum atomic E-state index is 13.8. The Morgan fingerprint density at radius 1 is 1.03 bits per heavy atom. The Morgan fingerprint density at radius 2 is 1.81 bits per heavy atom. The highest BCUT2D eigenvalue weighted by atomic mass is 35.5. The fraction of sp³-hybridized carbons (Fsp3) is 0.310. The van der Waals surface area contributed by atoms with Gasteiger partial charge in [-0.15, -0.1) is 0 Å². The number of carbonyl (C=O) groups is 2. The van der Waals surface area contributed by atoms with Crippen LogP contribution in [-0.2, 0) is 0 Å². The van der Waals surface area contributed by atoms with Gasteiger partial charge < -0.3 is 15.1 Å². The van der Waals surface area contributed by atoms with E-state index in [4.69, 9.17) is 23.2 Å². The topological polar surface area (TPSA) is 52.7 Å². The number of nitrogens with one attached hydrogen (secondary N) is 1. The number of nitrogens with zero attached hydrogens (tertiary/aromatic N) is 2. The number of anilines is 2. The van der Waals surface area contributed by atoms with Gasteiger partial charge in [0.05, 0.1) is 10.6 Å². The molecule has 0 aromatic heterocycles. The van der Waals surface area contributed by atoms with E-state index in [-0.39, 0.29) is 11.8 Å². The average Bonchev–Trinajstić information content (AvgIpc) is 3.01.